The number of benzene rings is 9. The number of hydrogen-bond acceptors (Lipinski definition) is 2. The molecule has 9 aromatic rings. The molecule has 0 aromatic heterocycles. The zero-order valence-electron chi connectivity index (χ0n) is 34.4. The summed E-state index contributed by atoms with van der Waals surface area (Å²) >= 11 is 2.04. The third-order valence-corrected chi connectivity index (χ3v) is 15.1. The number of anilines is 3. The lowest BCUT2D eigenvalue weighted by Gasteiger charge is -2.39. The number of allylic oxidation sites excluding steroid dienone is 3. The van der Waals surface area contributed by atoms with Crippen LogP contribution in [0.5, 0.6) is 0 Å². The third-order valence-electron chi connectivity index (χ3n) is 13.6. The number of nitrogens with zero attached hydrogens (tertiary/aromatic N) is 1. The van der Waals surface area contributed by atoms with Crippen LogP contribution in [0.1, 0.15) is 40.7 Å². The molecule has 62 heavy (non-hydrogen) atoms. The van der Waals surface area contributed by atoms with Crippen LogP contribution < -0.4 is 4.90 Å². The Labute approximate surface area is 368 Å². The first-order chi connectivity index (χ1) is 30.6. The van der Waals surface area contributed by atoms with Crippen LogP contribution in [0.25, 0.3) is 38.6 Å². The fourth-order valence-electron chi connectivity index (χ4n) is 10.8. The minimum atomic E-state index is -0.493. The van der Waals surface area contributed by atoms with Crippen molar-refractivity contribution < 1.29 is 0 Å². The Hall–Kier alpha value is -7.13. The van der Waals surface area contributed by atoms with Crippen molar-refractivity contribution in [3.63, 3.8) is 0 Å². The lowest BCUT2D eigenvalue weighted by atomic mass is 9.65. The number of rotatable bonds is 7. The summed E-state index contributed by atoms with van der Waals surface area (Å²) in [5.41, 5.74) is 17.2. The van der Waals surface area contributed by atoms with Crippen molar-refractivity contribution in [2.24, 2.45) is 0 Å². The zero-order chi connectivity index (χ0) is 41.3. The van der Waals surface area contributed by atoms with E-state index in [0.717, 1.165) is 17.1 Å². The summed E-state index contributed by atoms with van der Waals surface area (Å²) in [6.07, 6.45) is 4.99. The van der Waals surface area contributed by atoms with Gasteiger partial charge in [-0.2, -0.15) is 0 Å². The highest BCUT2D eigenvalue weighted by Crippen LogP contribution is 2.68. The Balaban J connectivity index is 1.06. The highest BCUT2D eigenvalue weighted by molar-refractivity contribution is 8.01. The second-order valence-corrected chi connectivity index (χ2v) is 18.4. The monoisotopic (exact) mass is 809 g/mol. The van der Waals surface area contributed by atoms with Gasteiger partial charge >= 0.3 is 0 Å². The Bertz CT molecular complexity index is 3160. The van der Waals surface area contributed by atoms with Crippen LogP contribution in [-0.4, -0.2) is 4.75 Å². The molecule has 0 spiro atoms. The van der Waals surface area contributed by atoms with E-state index in [1.165, 1.54) is 76.9 Å². The van der Waals surface area contributed by atoms with Crippen molar-refractivity contribution in [2.45, 2.75) is 27.9 Å². The minimum Gasteiger partial charge on any atom is -0.310 e. The maximum Gasteiger partial charge on any atom is 0.0710 e. The normalized spacial score (nSPS) is 17.9. The van der Waals surface area contributed by atoms with E-state index in [1.807, 2.05) is 11.8 Å². The van der Waals surface area contributed by atoms with Crippen molar-refractivity contribution in [2.75, 3.05) is 4.90 Å². The van der Waals surface area contributed by atoms with Gasteiger partial charge in [0.05, 0.1) is 15.8 Å². The maximum atomic E-state index is 2.52. The van der Waals surface area contributed by atoms with E-state index in [9.17, 15) is 0 Å². The van der Waals surface area contributed by atoms with Gasteiger partial charge in [-0.05, 0) is 110 Å². The predicted molar refractivity (Wildman–Crippen MR) is 262 cm³/mol. The van der Waals surface area contributed by atoms with Gasteiger partial charge in [0.15, 0.2) is 0 Å². The summed E-state index contributed by atoms with van der Waals surface area (Å²) in [5.74, 6) is 0.254. The molecular formula is C60H43NS. The highest BCUT2D eigenvalue weighted by Gasteiger charge is 2.56. The molecule has 1 nitrogen and oxygen atoms in total. The van der Waals surface area contributed by atoms with E-state index in [1.54, 1.807) is 0 Å². The Morgan fingerprint density at radius 2 is 1.03 bits per heavy atom. The van der Waals surface area contributed by atoms with Gasteiger partial charge in [0.25, 0.3) is 0 Å². The van der Waals surface area contributed by atoms with Gasteiger partial charge in [-0.25, -0.2) is 0 Å². The summed E-state index contributed by atoms with van der Waals surface area (Å²) in [6, 6.07) is 82.9. The van der Waals surface area contributed by atoms with Gasteiger partial charge < -0.3 is 4.90 Å². The van der Waals surface area contributed by atoms with E-state index >= 15 is 0 Å². The van der Waals surface area contributed by atoms with Crippen LogP contribution in [0.15, 0.2) is 247 Å². The summed E-state index contributed by atoms with van der Waals surface area (Å²) in [4.78, 5) is 3.85. The summed E-state index contributed by atoms with van der Waals surface area (Å²) in [7, 11) is 0. The molecule has 1 heterocycles. The number of thioether (sulfide) groups is 1. The van der Waals surface area contributed by atoms with Crippen LogP contribution in [0.2, 0.25) is 0 Å². The highest BCUT2D eigenvalue weighted by atomic mass is 32.2. The van der Waals surface area contributed by atoms with Gasteiger partial charge in [-0.15, -0.1) is 11.8 Å². The molecule has 2 unspecified atom stereocenters. The Kier molecular flexibility index (Phi) is 8.59. The standard InChI is InChI=1S/C60H43NS/c1-59-53(51-25-13-14-27-57(51)62-59)38-39-55-58(59)52-40-49(36-37-54(52)60(55,46-20-7-3-8-21-46)47-22-9-4-10-23-47)61(56-26-15-19-45-18-11-12-24-50(45)56)48-34-32-44(33-35-48)43-30-28-42(29-31-43)41-16-5-2-6-17-41/h2-40,53H,1H3. The van der Waals surface area contributed by atoms with Gasteiger partial charge in [0, 0.05) is 27.6 Å². The average molecular weight is 810 g/mol. The molecule has 9 aromatic carbocycles. The molecular weight excluding hydrogens is 767 g/mol. The molecule has 2 aliphatic carbocycles. The Morgan fingerprint density at radius 3 is 1.73 bits per heavy atom. The first-order valence-electron chi connectivity index (χ1n) is 21.6. The lowest BCUT2D eigenvalue weighted by molar-refractivity contribution is 0.697. The summed E-state index contributed by atoms with van der Waals surface area (Å²) < 4.78 is -0.214. The molecule has 0 saturated heterocycles. The number of hydrogen-bond donors (Lipinski definition) is 0. The van der Waals surface area contributed by atoms with Crippen LogP contribution in [0.4, 0.5) is 17.1 Å². The fraction of sp³-hybridized carbons (Fsp3) is 0.0667. The largest absolute Gasteiger partial charge is 0.310 e. The molecule has 0 fully saturated rings. The van der Waals surface area contributed by atoms with E-state index in [4.69, 9.17) is 0 Å². The molecule has 0 N–H and O–H groups in total. The third kappa shape index (κ3) is 5.57. The number of fused-ring (bicyclic) bond motifs is 7. The quantitative estimate of drug-likeness (QED) is 0.158. The average Bonchev–Trinajstić information content (AvgIpc) is 3.82. The second kappa shape index (κ2) is 14.5. The molecule has 1 aliphatic heterocycles. The van der Waals surface area contributed by atoms with Crippen molar-refractivity contribution in [3.05, 3.63) is 270 Å². The summed E-state index contributed by atoms with van der Waals surface area (Å²) in [5, 5.41) is 2.43. The molecule has 0 bridgehead atoms. The first kappa shape index (κ1) is 36.7. The molecule has 2 heteroatoms. The predicted octanol–water partition coefficient (Wildman–Crippen LogP) is 16.0. The van der Waals surface area contributed by atoms with E-state index in [2.05, 4.69) is 248 Å². The smallest absolute Gasteiger partial charge is 0.0710 e. The topological polar surface area (TPSA) is 3.24 Å². The molecule has 0 amide bonds. The maximum absolute atomic E-state index is 2.52. The van der Waals surface area contributed by atoms with Crippen LogP contribution >= 0.6 is 11.8 Å². The second-order valence-electron chi connectivity index (χ2n) is 16.9. The van der Waals surface area contributed by atoms with Crippen LogP contribution in [-0.2, 0) is 5.41 Å². The summed E-state index contributed by atoms with van der Waals surface area (Å²) in [6.45, 7) is 2.50. The molecule has 12 rings (SSSR count). The van der Waals surface area contributed by atoms with Gasteiger partial charge in [-0.1, -0.05) is 200 Å². The SMILES string of the molecule is CC12Sc3ccccc3C1C=CC1=C2c2cc(N(c3ccc(-c4ccc(-c5ccccc5)cc4)cc3)c3cccc4ccccc34)ccc2C1(c1ccccc1)c1ccccc1. The Morgan fingerprint density at radius 1 is 0.484 bits per heavy atom. The molecule has 0 radical (unpaired) electrons. The van der Waals surface area contributed by atoms with Crippen LogP contribution in [0.3, 0.4) is 0 Å². The van der Waals surface area contributed by atoms with E-state index in [0.29, 0.717) is 0 Å². The van der Waals surface area contributed by atoms with Crippen molar-refractivity contribution >= 4 is 45.2 Å². The first-order valence-corrected chi connectivity index (χ1v) is 22.4. The molecule has 2 atom stereocenters. The van der Waals surface area contributed by atoms with Gasteiger partial charge in [0.1, 0.15) is 0 Å². The zero-order valence-corrected chi connectivity index (χ0v) is 35.3. The lowest BCUT2D eigenvalue weighted by Crippen LogP contribution is -2.33. The molecule has 0 saturated carbocycles. The minimum absolute atomic E-state index is 0.214. The van der Waals surface area contributed by atoms with E-state index in [-0.39, 0.29) is 10.7 Å². The van der Waals surface area contributed by atoms with Crippen LogP contribution in [0, 0.1) is 0 Å². The van der Waals surface area contributed by atoms with Gasteiger partial charge in [-0.3, -0.25) is 0 Å². The van der Waals surface area contributed by atoms with E-state index < -0.39 is 5.41 Å². The van der Waals surface area contributed by atoms with Crippen molar-refractivity contribution in [1.82, 2.24) is 0 Å². The molecule has 294 valence electrons. The van der Waals surface area contributed by atoms with Gasteiger partial charge in [0.2, 0.25) is 0 Å². The molecule has 3 aliphatic rings. The van der Waals surface area contributed by atoms with Crippen molar-refractivity contribution in [1.29, 1.82) is 0 Å². The fourth-order valence-corrected chi connectivity index (χ4v) is 12.4. The van der Waals surface area contributed by atoms with Crippen molar-refractivity contribution in [3.8, 4) is 22.3 Å².